The van der Waals surface area contributed by atoms with Gasteiger partial charge in [-0.25, -0.2) is 0 Å². The van der Waals surface area contributed by atoms with Crippen LogP contribution in [0.4, 0.5) is 0 Å². The van der Waals surface area contributed by atoms with Crippen molar-refractivity contribution in [3.63, 3.8) is 0 Å². The van der Waals surface area contributed by atoms with Crippen molar-refractivity contribution in [2.24, 2.45) is 0 Å². The minimum Gasteiger partial charge on any atom is -0.303 e. The number of carbonyl (C=O) groups is 2. The first-order chi connectivity index (χ1) is 5.77. The normalized spacial score (nSPS) is 9.75. The fourth-order valence-electron chi connectivity index (χ4n) is 1.13. The molecule has 0 aromatic heterocycles. The molecule has 0 bridgehead atoms. The van der Waals surface area contributed by atoms with Crippen LogP contribution in [0.25, 0.3) is 0 Å². The number of carbonyl (C=O) groups excluding carboxylic acids is 2. The fraction of sp³-hybridized carbons (Fsp3) is 0.800. The summed E-state index contributed by atoms with van der Waals surface area (Å²) in [6, 6.07) is 0. The lowest BCUT2D eigenvalue weighted by Crippen LogP contribution is -1.89. The van der Waals surface area contributed by atoms with Gasteiger partial charge in [-0.05, 0) is 19.8 Å². The number of rotatable bonds is 8. The molecule has 0 aliphatic heterocycles. The lowest BCUT2D eigenvalue weighted by Gasteiger charge is -1.97. The fourth-order valence-corrected chi connectivity index (χ4v) is 1.13. The molecule has 12 heavy (non-hydrogen) atoms. The highest BCUT2D eigenvalue weighted by Gasteiger charge is 1.93. The molecule has 0 unspecified atom stereocenters. The zero-order valence-electron chi connectivity index (χ0n) is 7.84. The van der Waals surface area contributed by atoms with E-state index >= 15 is 0 Å². The molecule has 0 saturated heterocycles. The largest absolute Gasteiger partial charge is 0.303 e. The van der Waals surface area contributed by atoms with E-state index in [-0.39, 0.29) is 5.78 Å². The maximum atomic E-state index is 10.5. The predicted octanol–water partition coefficient (Wildman–Crippen LogP) is 2.51. The third-order valence-electron chi connectivity index (χ3n) is 1.85. The minimum atomic E-state index is 0.280. The van der Waals surface area contributed by atoms with Gasteiger partial charge in [-0.1, -0.05) is 19.3 Å². The molecule has 0 aliphatic carbocycles. The van der Waals surface area contributed by atoms with E-state index in [0.29, 0.717) is 12.8 Å². The summed E-state index contributed by atoms with van der Waals surface area (Å²) in [7, 11) is 0. The summed E-state index contributed by atoms with van der Waals surface area (Å²) in [6.45, 7) is 1.63. The topological polar surface area (TPSA) is 34.1 Å². The Labute approximate surface area is 74.3 Å². The molecule has 0 heterocycles. The van der Waals surface area contributed by atoms with Gasteiger partial charge >= 0.3 is 0 Å². The van der Waals surface area contributed by atoms with Crippen LogP contribution in [0.5, 0.6) is 0 Å². The number of unbranched alkanes of at least 4 members (excludes halogenated alkanes) is 5. The van der Waals surface area contributed by atoms with Crippen LogP contribution in [0.15, 0.2) is 0 Å². The van der Waals surface area contributed by atoms with Crippen molar-refractivity contribution in [3.8, 4) is 0 Å². The van der Waals surface area contributed by atoms with E-state index in [4.69, 9.17) is 0 Å². The van der Waals surface area contributed by atoms with Gasteiger partial charge in [-0.2, -0.15) is 0 Å². The third-order valence-corrected chi connectivity index (χ3v) is 1.85. The van der Waals surface area contributed by atoms with Crippen molar-refractivity contribution >= 4 is 12.1 Å². The molecule has 0 amide bonds. The summed E-state index contributed by atoms with van der Waals surface area (Å²) < 4.78 is 0. The number of aldehydes is 1. The Morgan fingerprint density at radius 2 is 1.67 bits per heavy atom. The Morgan fingerprint density at radius 3 is 2.25 bits per heavy atom. The molecule has 0 rings (SSSR count). The highest BCUT2D eigenvalue weighted by molar-refractivity contribution is 5.75. The van der Waals surface area contributed by atoms with Crippen molar-refractivity contribution in [3.05, 3.63) is 0 Å². The molecule has 0 atom stereocenters. The number of hydrogen-bond donors (Lipinski definition) is 0. The summed E-state index contributed by atoms with van der Waals surface area (Å²) >= 11 is 0. The average molecular weight is 170 g/mol. The van der Waals surface area contributed by atoms with Crippen LogP contribution in [-0.2, 0) is 9.59 Å². The van der Waals surface area contributed by atoms with Gasteiger partial charge < -0.3 is 9.59 Å². The van der Waals surface area contributed by atoms with E-state index in [9.17, 15) is 9.59 Å². The first-order valence-electron chi connectivity index (χ1n) is 4.70. The van der Waals surface area contributed by atoms with Gasteiger partial charge in [0.2, 0.25) is 0 Å². The second kappa shape index (κ2) is 8.44. The first kappa shape index (κ1) is 11.3. The molecule has 70 valence electrons. The number of Topliss-reactive ketones (excluding diaryl/α,β-unsaturated/α-hetero) is 1. The Balaban J connectivity index is 2.90. The standard InChI is InChI=1S/C10H18O2/c1-10(12)8-6-4-2-3-5-7-9-11/h9H,2-8H2,1H3. The minimum absolute atomic E-state index is 0.280. The molecular formula is C10H18O2. The van der Waals surface area contributed by atoms with Crippen LogP contribution in [0.3, 0.4) is 0 Å². The van der Waals surface area contributed by atoms with Gasteiger partial charge in [-0.15, -0.1) is 0 Å². The van der Waals surface area contributed by atoms with Gasteiger partial charge in [0.1, 0.15) is 12.1 Å². The Bertz CT molecular complexity index is 130. The molecule has 0 radical (unpaired) electrons. The Morgan fingerprint density at radius 1 is 1.08 bits per heavy atom. The van der Waals surface area contributed by atoms with Crippen molar-refractivity contribution < 1.29 is 9.59 Å². The zero-order chi connectivity index (χ0) is 9.23. The van der Waals surface area contributed by atoms with Gasteiger partial charge in [-0.3, -0.25) is 0 Å². The molecule has 0 saturated carbocycles. The van der Waals surface area contributed by atoms with E-state index in [1.807, 2.05) is 0 Å². The van der Waals surface area contributed by atoms with Crippen LogP contribution in [0, 0.1) is 0 Å². The van der Waals surface area contributed by atoms with E-state index in [1.165, 1.54) is 0 Å². The number of hydrogen-bond acceptors (Lipinski definition) is 2. The van der Waals surface area contributed by atoms with E-state index in [0.717, 1.165) is 38.4 Å². The molecule has 0 aliphatic rings. The van der Waals surface area contributed by atoms with Crippen molar-refractivity contribution in [2.45, 2.75) is 51.9 Å². The highest BCUT2D eigenvalue weighted by atomic mass is 16.1. The SMILES string of the molecule is CC(=O)CCCCCCCC=O. The van der Waals surface area contributed by atoms with E-state index < -0.39 is 0 Å². The van der Waals surface area contributed by atoms with Gasteiger partial charge in [0.25, 0.3) is 0 Å². The molecular weight excluding hydrogens is 152 g/mol. The lowest BCUT2D eigenvalue weighted by molar-refractivity contribution is -0.117. The molecule has 0 aromatic carbocycles. The molecule has 0 N–H and O–H groups in total. The van der Waals surface area contributed by atoms with E-state index in [1.54, 1.807) is 6.92 Å². The summed E-state index contributed by atoms with van der Waals surface area (Å²) in [5.41, 5.74) is 0. The van der Waals surface area contributed by atoms with Crippen LogP contribution in [-0.4, -0.2) is 12.1 Å². The third kappa shape index (κ3) is 9.34. The summed E-state index contributed by atoms with van der Waals surface area (Å²) in [5, 5.41) is 0. The molecule has 0 aromatic rings. The second-order valence-corrected chi connectivity index (χ2v) is 3.18. The maximum Gasteiger partial charge on any atom is 0.129 e. The predicted molar refractivity (Wildman–Crippen MR) is 49.1 cm³/mol. The summed E-state index contributed by atoms with van der Waals surface area (Å²) in [5.74, 6) is 0.280. The molecule has 2 nitrogen and oxygen atoms in total. The van der Waals surface area contributed by atoms with E-state index in [2.05, 4.69) is 0 Å². The van der Waals surface area contributed by atoms with Gasteiger partial charge in [0.05, 0.1) is 0 Å². The lowest BCUT2D eigenvalue weighted by atomic mass is 10.1. The number of ketones is 1. The molecule has 0 spiro atoms. The smallest absolute Gasteiger partial charge is 0.129 e. The van der Waals surface area contributed by atoms with Crippen LogP contribution in [0.1, 0.15) is 51.9 Å². The van der Waals surface area contributed by atoms with Crippen LogP contribution < -0.4 is 0 Å². The zero-order valence-corrected chi connectivity index (χ0v) is 7.84. The Hall–Kier alpha value is -0.660. The first-order valence-corrected chi connectivity index (χ1v) is 4.70. The summed E-state index contributed by atoms with van der Waals surface area (Å²) in [4.78, 5) is 20.5. The summed E-state index contributed by atoms with van der Waals surface area (Å²) in [6.07, 6.45) is 7.78. The van der Waals surface area contributed by atoms with Crippen LogP contribution in [0.2, 0.25) is 0 Å². The Kier molecular flexibility index (Phi) is 7.97. The monoisotopic (exact) mass is 170 g/mol. The highest BCUT2D eigenvalue weighted by Crippen LogP contribution is 2.06. The van der Waals surface area contributed by atoms with Crippen LogP contribution >= 0.6 is 0 Å². The average Bonchev–Trinajstić information content (AvgIpc) is 2.02. The van der Waals surface area contributed by atoms with Crippen molar-refractivity contribution in [1.82, 2.24) is 0 Å². The quantitative estimate of drug-likeness (QED) is 0.414. The van der Waals surface area contributed by atoms with Crippen molar-refractivity contribution in [1.29, 1.82) is 0 Å². The van der Waals surface area contributed by atoms with Crippen molar-refractivity contribution in [2.75, 3.05) is 0 Å². The molecule has 2 heteroatoms. The van der Waals surface area contributed by atoms with Gasteiger partial charge in [0.15, 0.2) is 0 Å². The van der Waals surface area contributed by atoms with Gasteiger partial charge in [0, 0.05) is 12.8 Å². The molecule has 0 fully saturated rings. The maximum absolute atomic E-state index is 10.5. The second-order valence-electron chi connectivity index (χ2n) is 3.18.